The summed E-state index contributed by atoms with van der Waals surface area (Å²) in [6.07, 6.45) is 5.72. The van der Waals surface area contributed by atoms with E-state index in [0.29, 0.717) is 17.5 Å². The van der Waals surface area contributed by atoms with Crippen LogP contribution in [0.5, 0.6) is 0 Å². The Morgan fingerprint density at radius 1 is 1.39 bits per heavy atom. The zero-order valence-electron chi connectivity index (χ0n) is 14.2. The fourth-order valence-electron chi connectivity index (χ4n) is 3.65. The van der Waals surface area contributed by atoms with Crippen molar-refractivity contribution < 1.29 is 4.79 Å². The van der Waals surface area contributed by atoms with E-state index in [1.807, 2.05) is 24.4 Å². The molecule has 1 N–H and O–H groups in total. The Morgan fingerprint density at radius 3 is 2.91 bits per heavy atom. The minimum absolute atomic E-state index is 0.243. The van der Waals surface area contributed by atoms with E-state index >= 15 is 0 Å². The van der Waals surface area contributed by atoms with Gasteiger partial charge in [0, 0.05) is 34.7 Å². The number of nitrogens with one attached hydrogen (secondary N) is 1. The van der Waals surface area contributed by atoms with E-state index in [1.165, 1.54) is 0 Å². The molecule has 0 saturated carbocycles. The van der Waals surface area contributed by atoms with E-state index < -0.39 is 0 Å². The van der Waals surface area contributed by atoms with Crippen LogP contribution in [0, 0.1) is 5.41 Å². The topological polar surface area (TPSA) is 36.1 Å². The number of hydrogen-bond acceptors (Lipinski definition) is 1. The summed E-state index contributed by atoms with van der Waals surface area (Å²) in [5.74, 6) is 0.243. The van der Waals surface area contributed by atoms with Crippen molar-refractivity contribution in [3.8, 4) is 0 Å². The first-order valence-electron chi connectivity index (χ1n) is 8.38. The van der Waals surface area contributed by atoms with Gasteiger partial charge >= 0.3 is 0 Å². The molecule has 1 aromatic heterocycles. The zero-order valence-corrected chi connectivity index (χ0v) is 14.9. The van der Waals surface area contributed by atoms with Gasteiger partial charge in [0.15, 0.2) is 0 Å². The molecule has 2 aromatic rings. The molecular weight excluding hydrogens is 308 g/mol. The molecule has 0 radical (unpaired) electrons. The summed E-state index contributed by atoms with van der Waals surface area (Å²) in [5, 5.41) is 1.80. The Hall–Kier alpha value is -1.48. The fraction of sp³-hybridized carbons (Fsp3) is 0.526. The monoisotopic (exact) mass is 332 g/mol. The molecule has 0 aliphatic carbocycles. The van der Waals surface area contributed by atoms with Gasteiger partial charge in [0.05, 0.1) is 6.42 Å². The van der Waals surface area contributed by atoms with Crippen LogP contribution < -0.4 is 0 Å². The number of amides is 1. The highest BCUT2D eigenvalue weighted by atomic mass is 35.5. The van der Waals surface area contributed by atoms with Gasteiger partial charge in [0.1, 0.15) is 0 Å². The number of rotatable bonds is 3. The summed E-state index contributed by atoms with van der Waals surface area (Å²) in [6, 6.07) is 6.17. The minimum atomic E-state index is 0.243. The van der Waals surface area contributed by atoms with Crippen LogP contribution in [0.4, 0.5) is 0 Å². The number of likely N-dealkylation sites (tertiary alicyclic amines) is 1. The molecule has 2 heterocycles. The number of carbonyl (C=O) groups excluding carboxylic acids is 1. The summed E-state index contributed by atoms with van der Waals surface area (Å²) in [6.45, 7) is 7.64. The van der Waals surface area contributed by atoms with Crippen LogP contribution in [-0.2, 0) is 11.2 Å². The Bertz CT molecular complexity index is 714. The van der Waals surface area contributed by atoms with Crippen LogP contribution in [0.25, 0.3) is 10.9 Å². The highest BCUT2D eigenvalue weighted by Crippen LogP contribution is 2.31. The molecule has 0 spiro atoms. The van der Waals surface area contributed by atoms with E-state index in [-0.39, 0.29) is 11.3 Å². The molecule has 1 aliphatic rings. The average Bonchev–Trinajstić information content (AvgIpc) is 3.04. The van der Waals surface area contributed by atoms with Gasteiger partial charge in [-0.25, -0.2) is 0 Å². The number of aromatic amines is 1. The molecule has 23 heavy (non-hydrogen) atoms. The van der Waals surface area contributed by atoms with Crippen molar-refractivity contribution in [1.29, 1.82) is 0 Å². The summed E-state index contributed by atoms with van der Waals surface area (Å²) in [4.78, 5) is 18.1. The summed E-state index contributed by atoms with van der Waals surface area (Å²) >= 11 is 6.02. The van der Waals surface area contributed by atoms with Crippen molar-refractivity contribution in [3.63, 3.8) is 0 Å². The van der Waals surface area contributed by atoms with Gasteiger partial charge in [0.25, 0.3) is 0 Å². The van der Waals surface area contributed by atoms with Crippen LogP contribution >= 0.6 is 11.6 Å². The Labute approximate surface area is 143 Å². The third-order valence-electron chi connectivity index (χ3n) is 4.62. The molecule has 0 bridgehead atoms. The molecule has 1 fully saturated rings. The van der Waals surface area contributed by atoms with Crippen LogP contribution in [0.3, 0.4) is 0 Å². The first-order valence-corrected chi connectivity index (χ1v) is 8.76. The first kappa shape index (κ1) is 16.4. The predicted octanol–water partition coefficient (Wildman–Crippen LogP) is 4.79. The lowest BCUT2D eigenvalue weighted by Crippen LogP contribution is -2.38. The van der Waals surface area contributed by atoms with Crippen molar-refractivity contribution in [1.82, 2.24) is 9.88 Å². The van der Waals surface area contributed by atoms with Gasteiger partial charge in [-0.3, -0.25) is 4.79 Å². The normalized spacial score (nSPS) is 18.8. The number of carbonyl (C=O) groups is 1. The fourth-order valence-corrected chi connectivity index (χ4v) is 3.82. The third-order valence-corrected chi connectivity index (χ3v) is 4.85. The lowest BCUT2D eigenvalue weighted by molar-refractivity contribution is -0.131. The van der Waals surface area contributed by atoms with Crippen molar-refractivity contribution in [3.05, 3.63) is 35.0 Å². The number of halogens is 1. The maximum atomic E-state index is 12.8. The molecule has 3 rings (SSSR count). The van der Waals surface area contributed by atoms with Gasteiger partial charge in [-0.15, -0.1) is 0 Å². The van der Waals surface area contributed by atoms with Gasteiger partial charge in [-0.05, 0) is 42.4 Å². The summed E-state index contributed by atoms with van der Waals surface area (Å²) < 4.78 is 0. The summed E-state index contributed by atoms with van der Waals surface area (Å²) in [5.41, 5.74) is 2.31. The van der Waals surface area contributed by atoms with Crippen LogP contribution in [0.15, 0.2) is 24.4 Å². The van der Waals surface area contributed by atoms with E-state index in [4.69, 9.17) is 11.6 Å². The third kappa shape index (κ3) is 3.72. The second-order valence-electron chi connectivity index (χ2n) is 7.83. The van der Waals surface area contributed by atoms with E-state index in [9.17, 15) is 4.79 Å². The van der Waals surface area contributed by atoms with E-state index in [1.54, 1.807) is 0 Å². The second kappa shape index (κ2) is 6.20. The second-order valence-corrected chi connectivity index (χ2v) is 8.27. The highest BCUT2D eigenvalue weighted by molar-refractivity contribution is 6.31. The SMILES string of the molecule is CC(C)(C)CC1CCCN1C(=O)Cc1c[nH]c2cc(Cl)ccc12. The Morgan fingerprint density at radius 2 is 2.17 bits per heavy atom. The number of benzene rings is 1. The maximum absolute atomic E-state index is 12.8. The quantitative estimate of drug-likeness (QED) is 0.861. The van der Waals surface area contributed by atoms with Gasteiger partial charge < -0.3 is 9.88 Å². The highest BCUT2D eigenvalue weighted by Gasteiger charge is 2.31. The van der Waals surface area contributed by atoms with Crippen LogP contribution in [0.2, 0.25) is 5.02 Å². The van der Waals surface area contributed by atoms with E-state index in [0.717, 1.165) is 42.3 Å². The van der Waals surface area contributed by atoms with Crippen molar-refractivity contribution in [2.45, 2.75) is 52.5 Å². The summed E-state index contributed by atoms with van der Waals surface area (Å²) in [7, 11) is 0. The maximum Gasteiger partial charge on any atom is 0.227 e. The Balaban J connectivity index is 1.75. The molecule has 1 amide bonds. The standard InChI is InChI=1S/C19H25ClN2O/c1-19(2,3)11-15-5-4-8-22(15)18(23)9-13-12-21-17-10-14(20)6-7-16(13)17/h6-7,10,12,15,21H,4-5,8-9,11H2,1-3H3. The van der Waals surface area contributed by atoms with Crippen molar-refractivity contribution in [2.24, 2.45) is 5.41 Å². The Kier molecular flexibility index (Phi) is 4.41. The van der Waals surface area contributed by atoms with Crippen LogP contribution in [0.1, 0.15) is 45.6 Å². The van der Waals surface area contributed by atoms with Crippen LogP contribution in [-0.4, -0.2) is 28.4 Å². The van der Waals surface area contributed by atoms with Crippen molar-refractivity contribution >= 4 is 28.4 Å². The first-order chi connectivity index (χ1) is 10.8. The van der Waals surface area contributed by atoms with Gasteiger partial charge in [0.2, 0.25) is 5.91 Å². The predicted molar refractivity (Wildman–Crippen MR) is 95.8 cm³/mol. The average molecular weight is 333 g/mol. The number of nitrogens with zero attached hydrogens (tertiary/aromatic N) is 1. The molecule has 124 valence electrons. The largest absolute Gasteiger partial charge is 0.361 e. The molecule has 3 nitrogen and oxygen atoms in total. The molecular formula is C19H25ClN2O. The smallest absolute Gasteiger partial charge is 0.227 e. The number of aromatic nitrogens is 1. The van der Waals surface area contributed by atoms with Gasteiger partial charge in [-0.1, -0.05) is 38.4 Å². The number of hydrogen-bond donors (Lipinski definition) is 1. The zero-order chi connectivity index (χ0) is 16.6. The molecule has 1 atom stereocenters. The lowest BCUT2D eigenvalue weighted by Gasteiger charge is -2.30. The molecule has 1 unspecified atom stereocenters. The van der Waals surface area contributed by atoms with Crippen molar-refractivity contribution in [2.75, 3.05) is 6.54 Å². The lowest BCUT2D eigenvalue weighted by atomic mass is 9.87. The number of H-pyrrole nitrogens is 1. The molecule has 1 aromatic carbocycles. The minimum Gasteiger partial charge on any atom is -0.361 e. The van der Waals surface area contributed by atoms with E-state index in [2.05, 4.69) is 30.7 Å². The number of fused-ring (bicyclic) bond motifs is 1. The molecule has 1 saturated heterocycles. The van der Waals surface area contributed by atoms with Gasteiger partial charge in [-0.2, -0.15) is 0 Å². The molecule has 4 heteroatoms. The molecule has 1 aliphatic heterocycles.